The van der Waals surface area contributed by atoms with E-state index in [0.29, 0.717) is 6.42 Å². The van der Waals surface area contributed by atoms with Crippen LogP contribution in [0.2, 0.25) is 0 Å². The van der Waals surface area contributed by atoms with Gasteiger partial charge in [-0.2, -0.15) is 0 Å². The molecule has 0 aromatic carbocycles. The molecule has 0 amide bonds. The Hall–Kier alpha value is -1.91. The van der Waals surface area contributed by atoms with E-state index in [1.807, 2.05) is 10.9 Å². The van der Waals surface area contributed by atoms with E-state index in [4.69, 9.17) is 11.2 Å². The molecule has 2 N–H and O–H groups in total. The highest BCUT2D eigenvalue weighted by Gasteiger charge is 2.57. The Morgan fingerprint density at radius 2 is 2.37 bits per heavy atom. The summed E-state index contributed by atoms with van der Waals surface area (Å²) in [4.78, 5) is 24.6. The number of nitrogens with zero attached hydrogens (tertiary/aromatic N) is 1. The number of hydrogen-bond acceptors (Lipinski definition) is 4. The minimum atomic E-state index is -2.53. The monoisotopic (exact) mass is 268 g/mol. The number of rotatable bonds is 2. The molecule has 4 atom stereocenters. The quantitative estimate of drug-likeness (QED) is 0.711. The van der Waals surface area contributed by atoms with Crippen molar-refractivity contribution in [1.82, 2.24) is 9.55 Å². The smallest absolute Gasteiger partial charge is 0.330 e. The number of ether oxygens (including phenoxy) is 1. The lowest BCUT2D eigenvalue weighted by Gasteiger charge is -2.23. The maximum Gasteiger partial charge on any atom is 0.330 e. The van der Waals surface area contributed by atoms with E-state index >= 15 is 0 Å². The van der Waals surface area contributed by atoms with E-state index in [1.54, 1.807) is 6.92 Å². The third kappa shape index (κ3) is 1.99. The van der Waals surface area contributed by atoms with Crippen molar-refractivity contribution < 1.29 is 14.2 Å². The van der Waals surface area contributed by atoms with Gasteiger partial charge in [0.1, 0.15) is 6.10 Å². The predicted octanol–water partition coefficient (Wildman–Crippen LogP) is -0.454. The maximum absolute atomic E-state index is 14.6. The summed E-state index contributed by atoms with van der Waals surface area (Å²) < 4.78 is 20.8. The molecule has 0 saturated carbocycles. The molecule has 1 aromatic rings. The molecule has 1 aromatic heterocycles. The van der Waals surface area contributed by atoms with Crippen molar-refractivity contribution in [2.45, 2.75) is 37.4 Å². The van der Waals surface area contributed by atoms with Gasteiger partial charge in [-0.15, -0.1) is 6.42 Å². The van der Waals surface area contributed by atoms with E-state index in [0.717, 1.165) is 16.8 Å². The summed E-state index contributed by atoms with van der Waals surface area (Å²) in [5.41, 5.74) is -3.99. The molecule has 19 heavy (non-hydrogen) atoms. The van der Waals surface area contributed by atoms with Crippen LogP contribution in [0, 0.1) is 12.3 Å². The summed E-state index contributed by atoms with van der Waals surface area (Å²) in [5.74, 6) is 1.85. The number of alkyl halides is 1. The number of halogens is 1. The molecular formula is C12H13FN2O4. The first-order valence-corrected chi connectivity index (χ1v) is 5.75. The zero-order chi connectivity index (χ0) is 14.2. The van der Waals surface area contributed by atoms with Crippen LogP contribution >= 0.6 is 0 Å². The lowest BCUT2D eigenvalue weighted by Crippen LogP contribution is -2.44. The van der Waals surface area contributed by atoms with E-state index in [-0.39, 0.29) is 0 Å². The minimum Gasteiger partial charge on any atom is -0.386 e. The van der Waals surface area contributed by atoms with E-state index in [2.05, 4.69) is 0 Å². The van der Waals surface area contributed by atoms with Crippen LogP contribution < -0.4 is 11.2 Å². The molecule has 1 saturated heterocycles. The third-order valence-corrected chi connectivity index (χ3v) is 3.17. The van der Waals surface area contributed by atoms with Crippen LogP contribution in [0.4, 0.5) is 4.39 Å². The average Bonchev–Trinajstić information content (AvgIpc) is 2.63. The minimum absolute atomic E-state index is 0.336. The number of aromatic nitrogens is 2. The van der Waals surface area contributed by atoms with Gasteiger partial charge in [0.2, 0.25) is 5.67 Å². The largest absolute Gasteiger partial charge is 0.386 e. The van der Waals surface area contributed by atoms with E-state index in [1.165, 1.54) is 0 Å². The summed E-state index contributed by atoms with van der Waals surface area (Å²) in [6, 6.07) is 1.05. The van der Waals surface area contributed by atoms with Crippen LogP contribution in [0.15, 0.2) is 21.9 Å². The summed E-state index contributed by atoms with van der Waals surface area (Å²) >= 11 is 0. The van der Waals surface area contributed by atoms with Crippen LogP contribution in [0.1, 0.15) is 19.6 Å². The molecule has 2 rings (SSSR count). The van der Waals surface area contributed by atoms with Gasteiger partial charge >= 0.3 is 5.69 Å². The Labute approximate surface area is 107 Å². The van der Waals surface area contributed by atoms with Gasteiger partial charge in [-0.1, -0.05) is 12.8 Å². The summed E-state index contributed by atoms with van der Waals surface area (Å²) in [6.45, 7) is 1.70. The first-order chi connectivity index (χ1) is 8.93. The number of aromatic amines is 1. The molecule has 1 aliphatic rings. The highest BCUT2D eigenvalue weighted by molar-refractivity contribution is 5.19. The van der Waals surface area contributed by atoms with Crippen LogP contribution in [-0.4, -0.2) is 32.5 Å². The highest BCUT2D eigenvalue weighted by atomic mass is 19.1. The molecular weight excluding hydrogens is 255 g/mol. The topological polar surface area (TPSA) is 84.3 Å². The van der Waals surface area contributed by atoms with Gasteiger partial charge in [-0.3, -0.25) is 14.3 Å². The molecule has 0 aliphatic carbocycles. The third-order valence-electron chi connectivity index (χ3n) is 3.17. The SMILES string of the molecule is C#CC1(F)C(O)C(CC)OC1n1ccc(=O)[nH]c1=O. The second-order valence-corrected chi connectivity index (χ2v) is 4.31. The summed E-state index contributed by atoms with van der Waals surface area (Å²) in [7, 11) is 0. The molecule has 0 bridgehead atoms. The van der Waals surface area contributed by atoms with Crippen molar-refractivity contribution >= 4 is 0 Å². The fourth-order valence-electron chi connectivity index (χ4n) is 2.11. The molecule has 0 radical (unpaired) electrons. The predicted molar refractivity (Wildman–Crippen MR) is 64.2 cm³/mol. The number of H-pyrrole nitrogens is 1. The number of aliphatic hydroxyl groups excluding tert-OH is 1. The fourth-order valence-corrected chi connectivity index (χ4v) is 2.11. The first kappa shape index (κ1) is 13.5. The van der Waals surface area contributed by atoms with Crippen molar-refractivity contribution in [1.29, 1.82) is 0 Å². The molecule has 2 heterocycles. The molecule has 6 nitrogen and oxygen atoms in total. The van der Waals surface area contributed by atoms with Crippen molar-refractivity contribution in [3.05, 3.63) is 33.1 Å². The number of terminal acetylenes is 1. The van der Waals surface area contributed by atoms with Crippen LogP contribution in [0.25, 0.3) is 0 Å². The molecule has 1 fully saturated rings. The van der Waals surface area contributed by atoms with Crippen LogP contribution in [0.3, 0.4) is 0 Å². The molecule has 1 aliphatic heterocycles. The van der Waals surface area contributed by atoms with Gasteiger partial charge < -0.3 is 9.84 Å². The fraction of sp³-hybridized carbons (Fsp3) is 0.500. The van der Waals surface area contributed by atoms with E-state index in [9.17, 15) is 19.1 Å². The molecule has 102 valence electrons. The van der Waals surface area contributed by atoms with Crippen molar-refractivity contribution in [2.75, 3.05) is 0 Å². The van der Waals surface area contributed by atoms with Crippen LogP contribution in [-0.2, 0) is 4.74 Å². The standard InChI is InChI=1S/C12H13FN2O4/c1-3-7-9(17)12(13,4-2)10(19-7)15-6-5-8(16)14-11(15)18/h2,5-7,9-10,17H,3H2,1H3,(H,14,16,18). The Morgan fingerprint density at radius 1 is 1.68 bits per heavy atom. The zero-order valence-corrected chi connectivity index (χ0v) is 10.2. The Kier molecular flexibility index (Phi) is 3.30. The van der Waals surface area contributed by atoms with Crippen molar-refractivity contribution in [2.24, 2.45) is 0 Å². The summed E-state index contributed by atoms with van der Waals surface area (Å²) in [6.07, 6.45) is 2.73. The second-order valence-electron chi connectivity index (χ2n) is 4.31. The second kappa shape index (κ2) is 4.64. The van der Waals surface area contributed by atoms with Crippen molar-refractivity contribution in [3.8, 4) is 12.3 Å². The van der Waals surface area contributed by atoms with Gasteiger partial charge in [0.15, 0.2) is 6.23 Å². The molecule has 4 unspecified atom stereocenters. The normalized spacial score (nSPS) is 34.1. The van der Waals surface area contributed by atoms with Gasteiger partial charge in [-0.05, 0) is 6.42 Å². The lowest BCUT2D eigenvalue weighted by atomic mass is 9.96. The highest BCUT2D eigenvalue weighted by Crippen LogP contribution is 2.41. The maximum atomic E-state index is 14.6. The number of aliphatic hydroxyl groups is 1. The van der Waals surface area contributed by atoms with Crippen molar-refractivity contribution in [3.63, 3.8) is 0 Å². The zero-order valence-electron chi connectivity index (χ0n) is 10.2. The van der Waals surface area contributed by atoms with Gasteiger partial charge in [0.05, 0.1) is 6.10 Å². The van der Waals surface area contributed by atoms with Crippen LogP contribution in [0.5, 0.6) is 0 Å². The molecule has 7 heteroatoms. The Morgan fingerprint density at radius 3 is 2.89 bits per heavy atom. The summed E-state index contributed by atoms with van der Waals surface area (Å²) in [5, 5.41) is 9.86. The Balaban J connectivity index is 2.52. The molecule has 0 spiro atoms. The Bertz CT molecular complexity index is 632. The van der Waals surface area contributed by atoms with Gasteiger partial charge in [0, 0.05) is 12.3 Å². The van der Waals surface area contributed by atoms with Gasteiger partial charge in [-0.25, -0.2) is 9.18 Å². The lowest BCUT2D eigenvalue weighted by molar-refractivity contribution is -0.0385. The first-order valence-electron chi connectivity index (χ1n) is 5.75. The van der Waals surface area contributed by atoms with Gasteiger partial charge in [0.25, 0.3) is 5.56 Å². The number of nitrogens with one attached hydrogen (secondary N) is 1. The average molecular weight is 268 g/mol. The number of hydrogen-bond donors (Lipinski definition) is 2. The van der Waals surface area contributed by atoms with E-state index < -0.39 is 35.4 Å².